The van der Waals surface area contributed by atoms with Gasteiger partial charge in [-0.1, -0.05) is 109 Å². The summed E-state index contributed by atoms with van der Waals surface area (Å²) in [5.74, 6) is 0.656. The number of rotatable bonds is 3. The molecule has 0 fully saturated rings. The fourth-order valence-corrected chi connectivity index (χ4v) is 8.59. The van der Waals surface area contributed by atoms with E-state index in [0.29, 0.717) is 5.95 Å². The minimum Gasteiger partial charge on any atom is -0.456 e. The zero-order valence-electron chi connectivity index (χ0n) is 28.4. The van der Waals surface area contributed by atoms with Crippen molar-refractivity contribution < 1.29 is 4.42 Å². The number of benzene rings is 8. The Bertz CT molecular complexity index is 3470. The van der Waals surface area contributed by atoms with Gasteiger partial charge in [-0.3, -0.25) is 4.57 Å². The summed E-state index contributed by atoms with van der Waals surface area (Å²) in [5.41, 5.74) is 10.2. The SMILES string of the molecule is c1ccc2c(c1)ccc1c2c2ccccc2n1-c1nc(-c2ccc3c(c2)c2ccccc2n3-c2ccc3oc4ccccc4c3c2)c2ccccc2n1. The Hall–Kier alpha value is -7.24. The van der Waals surface area contributed by atoms with Gasteiger partial charge in [0, 0.05) is 49.0 Å². The molecule has 0 saturated heterocycles. The molecule has 53 heavy (non-hydrogen) atoms. The summed E-state index contributed by atoms with van der Waals surface area (Å²) in [4.78, 5) is 10.7. The first kappa shape index (κ1) is 28.5. The molecular weight excluding hydrogens is 649 g/mol. The van der Waals surface area contributed by atoms with Crippen molar-refractivity contribution >= 4 is 87.2 Å². The molecule has 5 nitrogen and oxygen atoms in total. The standard InChI is InChI=1S/C48H28N4O/c1-2-12-32-29(11-1)21-25-43-46(32)36-16-5-9-19-41(36)52(43)48-49-39-17-7-3-15-35(39)47(50-48)30-22-24-42-37(27-30)33-13-4-8-18-40(33)51(42)31-23-26-45-38(28-31)34-14-6-10-20-44(34)53-45/h1-28H. The highest BCUT2D eigenvalue weighted by molar-refractivity contribution is 6.21. The molecule has 0 aliphatic heterocycles. The minimum absolute atomic E-state index is 0.656. The molecule has 0 aliphatic rings. The summed E-state index contributed by atoms with van der Waals surface area (Å²) in [7, 11) is 0. The van der Waals surface area contributed by atoms with E-state index in [9.17, 15) is 0 Å². The second-order valence-electron chi connectivity index (χ2n) is 13.8. The highest BCUT2D eigenvalue weighted by Crippen LogP contribution is 2.40. The molecular formula is C48H28N4O. The summed E-state index contributed by atoms with van der Waals surface area (Å²) < 4.78 is 10.8. The Morgan fingerprint density at radius 1 is 0.396 bits per heavy atom. The molecule has 0 radical (unpaired) electrons. The van der Waals surface area contributed by atoms with Crippen molar-refractivity contribution in [3.8, 4) is 22.9 Å². The molecule has 0 amide bonds. The summed E-state index contributed by atoms with van der Waals surface area (Å²) >= 11 is 0. The zero-order valence-corrected chi connectivity index (χ0v) is 28.4. The van der Waals surface area contributed by atoms with Gasteiger partial charge in [0.25, 0.3) is 0 Å². The number of nitrogens with zero attached hydrogens (tertiary/aromatic N) is 4. The highest BCUT2D eigenvalue weighted by atomic mass is 16.3. The predicted molar refractivity (Wildman–Crippen MR) is 218 cm³/mol. The van der Waals surface area contributed by atoms with Gasteiger partial charge in [0.15, 0.2) is 0 Å². The van der Waals surface area contributed by atoms with Gasteiger partial charge in [-0.05, 0) is 71.4 Å². The van der Waals surface area contributed by atoms with Gasteiger partial charge in [0.2, 0.25) is 5.95 Å². The molecule has 0 bridgehead atoms. The monoisotopic (exact) mass is 676 g/mol. The third-order valence-electron chi connectivity index (χ3n) is 10.9. The molecule has 12 aromatic rings. The third-order valence-corrected chi connectivity index (χ3v) is 10.9. The lowest BCUT2D eigenvalue weighted by Gasteiger charge is -2.12. The van der Waals surface area contributed by atoms with Crippen LogP contribution >= 0.6 is 0 Å². The topological polar surface area (TPSA) is 48.8 Å². The average Bonchev–Trinajstić information content (AvgIpc) is 3.88. The van der Waals surface area contributed by atoms with E-state index < -0.39 is 0 Å². The first-order valence-corrected chi connectivity index (χ1v) is 17.9. The highest BCUT2D eigenvalue weighted by Gasteiger charge is 2.20. The lowest BCUT2D eigenvalue weighted by atomic mass is 10.0. The molecule has 4 aromatic heterocycles. The molecule has 0 aliphatic carbocycles. The van der Waals surface area contributed by atoms with Crippen LogP contribution in [0, 0.1) is 0 Å². The van der Waals surface area contributed by atoms with E-state index in [4.69, 9.17) is 14.4 Å². The number of hydrogen-bond acceptors (Lipinski definition) is 3. The molecule has 0 spiro atoms. The van der Waals surface area contributed by atoms with Crippen molar-refractivity contribution in [2.75, 3.05) is 0 Å². The first-order chi connectivity index (χ1) is 26.3. The second kappa shape index (κ2) is 10.6. The van der Waals surface area contributed by atoms with Crippen LogP contribution in [0.3, 0.4) is 0 Å². The van der Waals surface area contributed by atoms with Gasteiger partial charge in [-0.2, -0.15) is 0 Å². The summed E-state index contributed by atoms with van der Waals surface area (Å²) in [6.07, 6.45) is 0. The lowest BCUT2D eigenvalue weighted by Crippen LogP contribution is -2.03. The van der Waals surface area contributed by atoms with Gasteiger partial charge in [-0.15, -0.1) is 0 Å². The maximum absolute atomic E-state index is 6.18. The summed E-state index contributed by atoms with van der Waals surface area (Å²) in [6, 6.07) is 60.1. The van der Waals surface area contributed by atoms with Crippen molar-refractivity contribution in [3.63, 3.8) is 0 Å². The fourth-order valence-electron chi connectivity index (χ4n) is 8.59. The van der Waals surface area contributed by atoms with Gasteiger partial charge in [0.05, 0.1) is 33.3 Å². The van der Waals surface area contributed by atoms with Gasteiger partial charge < -0.3 is 8.98 Å². The molecule has 4 heterocycles. The van der Waals surface area contributed by atoms with Crippen LogP contribution < -0.4 is 0 Å². The molecule has 0 saturated carbocycles. The predicted octanol–water partition coefficient (Wildman–Crippen LogP) is 12.5. The Morgan fingerprint density at radius 2 is 1.06 bits per heavy atom. The molecule has 8 aromatic carbocycles. The summed E-state index contributed by atoms with van der Waals surface area (Å²) in [6.45, 7) is 0. The van der Waals surface area contributed by atoms with E-state index in [1.54, 1.807) is 0 Å². The zero-order chi connectivity index (χ0) is 34.6. The quantitative estimate of drug-likeness (QED) is 0.187. The molecule has 0 N–H and O–H groups in total. The number of para-hydroxylation sites is 4. The van der Waals surface area contributed by atoms with Gasteiger partial charge in [0.1, 0.15) is 11.2 Å². The van der Waals surface area contributed by atoms with E-state index in [0.717, 1.165) is 71.9 Å². The Kier molecular flexibility index (Phi) is 5.71. The van der Waals surface area contributed by atoms with E-state index in [2.05, 4.69) is 167 Å². The van der Waals surface area contributed by atoms with Crippen LogP contribution in [-0.2, 0) is 0 Å². The van der Waals surface area contributed by atoms with Crippen LogP contribution in [0.2, 0.25) is 0 Å². The van der Waals surface area contributed by atoms with Crippen molar-refractivity contribution in [1.29, 1.82) is 0 Å². The van der Waals surface area contributed by atoms with Crippen molar-refractivity contribution in [2.45, 2.75) is 0 Å². The number of aromatic nitrogens is 4. The second-order valence-corrected chi connectivity index (χ2v) is 13.8. The number of furan rings is 1. The first-order valence-electron chi connectivity index (χ1n) is 17.9. The third kappa shape index (κ3) is 4.02. The van der Waals surface area contributed by atoms with Crippen molar-refractivity contribution in [3.05, 3.63) is 170 Å². The van der Waals surface area contributed by atoms with Crippen LogP contribution in [0.15, 0.2) is 174 Å². The van der Waals surface area contributed by atoms with E-state index in [1.165, 1.54) is 32.3 Å². The number of fused-ring (bicyclic) bond motifs is 12. The normalized spacial score (nSPS) is 12.2. The molecule has 246 valence electrons. The molecule has 0 atom stereocenters. The van der Waals surface area contributed by atoms with Crippen LogP contribution in [0.25, 0.3) is 110 Å². The maximum Gasteiger partial charge on any atom is 0.235 e. The van der Waals surface area contributed by atoms with Gasteiger partial charge >= 0.3 is 0 Å². The van der Waals surface area contributed by atoms with Crippen LogP contribution in [0.5, 0.6) is 0 Å². The Labute approximate surface area is 302 Å². The van der Waals surface area contributed by atoms with E-state index in [-0.39, 0.29) is 0 Å². The van der Waals surface area contributed by atoms with Crippen LogP contribution in [0.4, 0.5) is 0 Å². The Morgan fingerprint density at radius 3 is 1.94 bits per heavy atom. The smallest absolute Gasteiger partial charge is 0.235 e. The fraction of sp³-hybridized carbons (Fsp3) is 0. The number of hydrogen-bond donors (Lipinski definition) is 0. The maximum atomic E-state index is 6.18. The van der Waals surface area contributed by atoms with Gasteiger partial charge in [-0.25, -0.2) is 9.97 Å². The molecule has 12 rings (SSSR count). The van der Waals surface area contributed by atoms with Crippen LogP contribution in [-0.4, -0.2) is 19.1 Å². The van der Waals surface area contributed by atoms with E-state index in [1.807, 2.05) is 12.1 Å². The largest absolute Gasteiger partial charge is 0.456 e. The average molecular weight is 677 g/mol. The minimum atomic E-state index is 0.656. The van der Waals surface area contributed by atoms with Crippen molar-refractivity contribution in [1.82, 2.24) is 19.1 Å². The lowest BCUT2D eigenvalue weighted by molar-refractivity contribution is 0.669. The van der Waals surface area contributed by atoms with Crippen molar-refractivity contribution in [2.24, 2.45) is 0 Å². The summed E-state index contributed by atoms with van der Waals surface area (Å²) in [5, 5.41) is 10.5. The molecule has 5 heteroatoms. The van der Waals surface area contributed by atoms with E-state index >= 15 is 0 Å². The Balaban J connectivity index is 1.11. The molecule has 0 unspecified atom stereocenters. The van der Waals surface area contributed by atoms with Crippen LogP contribution in [0.1, 0.15) is 0 Å².